The maximum Gasteiger partial charge on any atom is 0.333 e. The van der Waals surface area contributed by atoms with E-state index in [2.05, 4.69) is 11.8 Å². The van der Waals surface area contributed by atoms with E-state index in [-0.39, 0.29) is 13.0 Å². The lowest BCUT2D eigenvalue weighted by Gasteiger charge is -2.28. The quantitative estimate of drug-likeness (QED) is 0.399. The van der Waals surface area contributed by atoms with Crippen LogP contribution in [-0.2, 0) is 25.4 Å². The van der Waals surface area contributed by atoms with Crippen LogP contribution in [0, 0.1) is 11.8 Å². The second-order valence-corrected chi connectivity index (χ2v) is 8.03. The van der Waals surface area contributed by atoms with Crippen molar-refractivity contribution in [2.45, 2.75) is 52.2 Å². The highest BCUT2D eigenvalue weighted by molar-refractivity contribution is 6.32. The summed E-state index contributed by atoms with van der Waals surface area (Å²) < 4.78 is 22.6. The SMILES string of the molecule is CCOC1=CC=CC(C#C/C(C)=C/COc2ccc(C[C@H](OCC)C(=O)O)cc2Cl)(OCC)C1. The highest BCUT2D eigenvalue weighted by Gasteiger charge is 2.29. The van der Waals surface area contributed by atoms with Gasteiger partial charge in [0.05, 0.1) is 11.6 Å². The number of benzene rings is 1. The Morgan fingerprint density at radius 2 is 2.03 bits per heavy atom. The van der Waals surface area contributed by atoms with Crippen molar-refractivity contribution in [1.82, 2.24) is 0 Å². The fraction of sp³-hybridized carbons (Fsp3) is 0.444. The molecular weight excluding hydrogens is 456 g/mol. The summed E-state index contributed by atoms with van der Waals surface area (Å²) in [5.41, 5.74) is 0.894. The van der Waals surface area contributed by atoms with Gasteiger partial charge in [-0.05, 0) is 69.2 Å². The Bertz CT molecular complexity index is 985. The van der Waals surface area contributed by atoms with E-state index in [9.17, 15) is 9.90 Å². The molecule has 0 radical (unpaired) electrons. The van der Waals surface area contributed by atoms with Crippen molar-refractivity contribution < 1.29 is 28.8 Å². The summed E-state index contributed by atoms with van der Waals surface area (Å²) in [5, 5.41) is 9.66. The Morgan fingerprint density at radius 1 is 1.24 bits per heavy atom. The lowest BCUT2D eigenvalue weighted by Crippen LogP contribution is -2.31. The third-order valence-corrected chi connectivity index (χ3v) is 5.27. The van der Waals surface area contributed by atoms with Crippen LogP contribution in [0.1, 0.15) is 39.7 Å². The smallest absolute Gasteiger partial charge is 0.333 e. The zero-order valence-corrected chi connectivity index (χ0v) is 21.0. The van der Waals surface area contributed by atoms with Crippen LogP contribution in [-0.4, -0.2) is 49.2 Å². The first kappa shape index (κ1) is 27.5. The Balaban J connectivity index is 2.00. The van der Waals surface area contributed by atoms with E-state index in [1.807, 2.05) is 45.1 Å². The van der Waals surface area contributed by atoms with Gasteiger partial charge in [0.2, 0.25) is 0 Å². The molecule has 34 heavy (non-hydrogen) atoms. The first-order chi connectivity index (χ1) is 16.3. The lowest BCUT2D eigenvalue weighted by atomic mass is 9.93. The highest BCUT2D eigenvalue weighted by Crippen LogP contribution is 2.28. The number of carbonyl (C=O) groups is 1. The number of rotatable bonds is 12. The van der Waals surface area contributed by atoms with E-state index in [0.29, 0.717) is 37.0 Å². The largest absolute Gasteiger partial charge is 0.498 e. The minimum Gasteiger partial charge on any atom is -0.498 e. The minimum absolute atomic E-state index is 0.230. The number of aliphatic carboxylic acids is 1. The zero-order valence-electron chi connectivity index (χ0n) is 20.2. The van der Waals surface area contributed by atoms with Gasteiger partial charge < -0.3 is 24.1 Å². The molecule has 1 aliphatic rings. The van der Waals surface area contributed by atoms with E-state index in [1.54, 1.807) is 25.1 Å². The molecule has 0 saturated heterocycles. The predicted molar refractivity (Wildman–Crippen MR) is 133 cm³/mol. The Kier molecular flexibility index (Phi) is 11.2. The summed E-state index contributed by atoms with van der Waals surface area (Å²) in [6.45, 7) is 9.32. The molecule has 7 heteroatoms. The zero-order chi connectivity index (χ0) is 25.0. The monoisotopic (exact) mass is 488 g/mol. The van der Waals surface area contributed by atoms with Gasteiger partial charge >= 0.3 is 5.97 Å². The van der Waals surface area contributed by atoms with Gasteiger partial charge in [-0.25, -0.2) is 4.79 Å². The number of allylic oxidation sites excluding steroid dienone is 3. The molecule has 0 fully saturated rings. The molecule has 0 saturated carbocycles. The third kappa shape index (κ3) is 8.57. The molecule has 1 aliphatic carbocycles. The standard InChI is InChI=1S/C27H33ClO6/c1-5-31-22-9-8-14-27(19-22,34-7-3)15-12-20(4)13-16-33-24-11-10-21(17-23(24)28)18-25(26(29)30)32-6-2/h8-11,13-14,17,25H,5-7,16,18-19H2,1-4H3,(H,29,30)/b20-13+/t25-,27?/m0/s1. The third-order valence-electron chi connectivity index (χ3n) is 4.98. The van der Waals surface area contributed by atoms with E-state index in [0.717, 1.165) is 16.9 Å². The summed E-state index contributed by atoms with van der Waals surface area (Å²) >= 11 is 6.34. The van der Waals surface area contributed by atoms with Crippen LogP contribution in [0.3, 0.4) is 0 Å². The van der Waals surface area contributed by atoms with Gasteiger partial charge in [-0.2, -0.15) is 0 Å². The van der Waals surface area contributed by atoms with Crippen LogP contribution in [0.5, 0.6) is 5.75 Å². The van der Waals surface area contributed by atoms with Gasteiger partial charge in [0.25, 0.3) is 0 Å². The lowest BCUT2D eigenvalue weighted by molar-refractivity contribution is -0.149. The second-order valence-electron chi connectivity index (χ2n) is 7.62. The number of carboxylic acids is 1. The van der Waals surface area contributed by atoms with Gasteiger partial charge in [-0.1, -0.05) is 35.6 Å². The van der Waals surface area contributed by atoms with Crippen LogP contribution in [0.25, 0.3) is 0 Å². The number of hydrogen-bond acceptors (Lipinski definition) is 5. The van der Waals surface area contributed by atoms with Crippen LogP contribution >= 0.6 is 11.6 Å². The predicted octanol–water partition coefficient (Wildman–Crippen LogP) is 5.36. The Hall–Kier alpha value is -2.72. The first-order valence-corrected chi connectivity index (χ1v) is 11.8. The number of halogens is 1. The molecule has 0 amide bonds. The van der Waals surface area contributed by atoms with E-state index in [4.69, 9.17) is 30.5 Å². The topological polar surface area (TPSA) is 74.2 Å². The van der Waals surface area contributed by atoms with Crippen molar-refractivity contribution in [3.8, 4) is 17.6 Å². The molecule has 1 aromatic rings. The molecular formula is C27H33ClO6. The number of carboxylic acid groups (broad SMARTS) is 1. The number of ether oxygens (including phenoxy) is 4. The van der Waals surface area contributed by atoms with Gasteiger partial charge in [0.15, 0.2) is 11.7 Å². The van der Waals surface area contributed by atoms with Gasteiger partial charge in [0.1, 0.15) is 18.1 Å². The Morgan fingerprint density at radius 3 is 2.68 bits per heavy atom. The van der Waals surface area contributed by atoms with Crippen molar-refractivity contribution in [1.29, 1.82) is 0 Å². The van der Waals surface area contributed by atoms with Crippen LogP contribution in [0.15, 0.2) is 53.8 Å². The number of hydrogen-bond donors (Lipinski definition) is 1. The average molecular weight is 489 g/mol. The molecule has 0 spiro atoms. The fourth-order valence-corrected chi connectivity index (χ4v) is 3.64. The van der Waals surface area contributed by atoms with Crippen LogP contribution in [0.2, 0.25) is 5.02 Å². The van der Waals surface area contributed by atoms with E-state index < -0.39 is 17.7 Å². The molecule has 6 nitrogen and oxygen atoms in total. The summed E-state index contributed by atoms with van der Waals surface area (Å²) in [5.74, 6) is 6.77. The second kappa shape index (κ2) is 13.9. The van der Waals surface area contributed by atoms with Crippen molar-refractivity contribution in [3.05, 3.63) is 64.4 Å². The van der Waals surface area contributed by atoms with Crippen LogP contribution in [0.4, 0.5) is 0 Å². The van der Waals surface area contributed by atoms with Gasteiger partial charge in [0, 0.05) is 26.1 Å². The summed E-state index contributed by atoms with van der Waals surface area (Å²) in [4.78, 5) is 11.3. The van der Waals surface area contributed by atoms with Crippen molar-refractivity contribution in [3.63, 3.8) is 0 Å². The summed E-state index contributed by atoms with van der Waals surface area (Å²) in [6.07, 6.45) is 7.57. The van der Waals surface area contributed by atoms with Crippen molar-refractivity contribution in [2.75, 3.05) is 26.4 Å². The molecule has 0 heterocycles. The molecule has 1 N–H and O–H groups in total. The van der Waals surface area contributed by atoms with Gasteiger partial charge in [-0.3, -0.25) is 0 Å². The molecule has 0 aliphatic heterocycles. The normalized spacial score (nSPS) is 18.5. The summed E-state index contributed by atoms with van der Waals surface area (Å²) in [7, 11) is 0. The molecule has 1 aromatic carbocycles. The van der Waals surface area contributed by atoms with Crippen molar-refractivity contribution >= 4 is 17.6 Å². The molecule has 0 bridgehead atoms. The fourth-order valence-electron chi connectivity index (χ4n) is 3.38. The van der Waals surface area contributed by atoms with E-state index >= 15 is 0 Å². The van der Waals surface area contributed by atoms with Gasteiger partial charge in [-0.15, -0.1) is 0 Å². The molecule has 0 aromatic heterocycles. The molecule has 1 unspecified atom stereocenters. The van der Waals surface area contributed by atoms with E-state index in [1.165, 1.54) is 0 Å². The highest BCUT2D eigenvalue weighted by atomic mass is 35.5. The molecule has 184 valence electrons. The molecule has 2 rings (SSSR count). The molecule has 2 atom stereocenters. The minimum atomic E-state index is -1.00. The van der Waals surface area contributed by atoms with Crippen LogP contribution < -0.4 is 4.74 Å². The maximum atomic E-state index is 11.3. The average Bonchev–Trinajstić information content (AvgIpc) is 2.79. The maximum absolute atomic E-state index is 11.3. The summed E-state index contributed by atoms with van der Waals surface area (Å²) in [6, 6.07) is 5.22. The first-order valence-electron chi connectivity index (χ1n) is 11.4. The Labute approximate surface area is 207 Å². The van der Waals surface area contributed by atoms with Crippen molar-refractivity contribution in [2.24, 2.45) is 0 Å².